The van der Waals surface area contributed by atoms with E-state index in [9.17, 15) is 0 Å². The molecule has 3 aromatic heterocycles. The van der Waals surface area contributed by atoms with E-state index in [1.807, 2.05) is 23.5 Å². The summed E-state index contributed by atoms with van der Waals surface area (Å²) in [5.41, 5.74) is 12.6. The number of thiophene rings is 1. The highest BCUT2D eigenvalue weighted by atomic mass is 32.1. The summed E-state index contributed by atoms with van der Waals surface area (Å²) in [7, 11) is 0. The Labute approximate surface area is 333 Å². The number of amidine groups is 1. The molecule has 1 aliphatic carbocycles. The first kappa shape index (κ1) is 32.5. The van der Waals surface area contributed by atoms with E-state index in [0.717, 1.165) is 57.4 Å². The second-order valence-electron chi connectivity index (χ2n) is 15.1. The highest BCUT2D eigenvalue weighted by Crippen LogP contribution is 2.42. The summed E-state index contributed by atoms with van der Waals surface area (Å²) in [4.78, 5) is 5.10. The molecule has 4 heterocycles. The summed E-state index contributed by atoms with van der Waals surface area (Å²) >= 11 is 1.85. The van der Waals surface area contributed by atoms with Gasteiger partial charge in [-0.2, -0.15) is 0 Å². The third-order valence-corrected chi connectivity index (χ3v) is 12.9. The van der Waals surface area contributed by atoms with E-state index >= 15 is 0 Å². The molecule has 0 bridgehead atoms. The predicted molar refractivity (Wildman–Crippen MR) is 237 cm³/mol. The van der Waals surface area contributed by atoms with Crippen molar-refractivity contribution in [1.82, 2.24) is 15.2 Å². The second kappa shape index (κ2) is 12.9. The molecule has 0 spiro atoms. The standard InChI is InChI=1S/C51H36N4OS/c1-3-12-31(13-4-1)49-52-50(32-14-5-2-6-15-32)54-51(53-49)35-22-25-38-41-29-34(24-27-46(41)57-47(38)30-35)33-23-26-45-40(28-33)39-18-11-21-44(48(39)56-45)55-42-19-9-7-16-36(42)37-17-8-10-20-43(37)55/h1-7,9-16,18-30,49,51,53H,8,17H2,(H,52,54). The number of hydrogen-bond donors (Lipinski definition) is 2. The summed E-state index contributed by atoms with van der Waals surface area (Å²) in [5, 5.41) is 13.6. The van der Waals surface area contributed by atoms with E-state index in [1.54, 1.807) is 0 Å². The first-order chi connectivity index (χ1) is 28.2. The molecule has 57 heavy (non-hydrogen) atoms. The molecule has 2 N–H and O–H groups in total. The largest absolute Gasteiger partial charge is 0.454 e. The van der Waals surface area contributed by atoms with Gasteiger partial charge in [0.2, 0.25) is 0 Å². The molecule has 10 aromatic rings. The minimum absolute atomic E-state index is 0.108. The van der Waals surface area contributed by atoms with Crippen molar-refractivity contribution >= 4 is 76.3 Å². The molecule has 0 saturated heterocycles. The van der Waals surface area contributed by atoms with Crippen molar-refractivity contribution < 1.29 is 4.42 Å². The molecule has 6 heteroatoms. The highest BCUT2D eigenvalue weighted by Gasteiger charge is 2.26. The van der Waals surface area contributed by atoms with Crippen LogP contribution in [0.15, 0.2) is 173 Å². The molecule has 2 aliphatic rings. The van der Waals surface area contributed by atoms with Crippen molar-refractivity contribution in [3.63, 3.8) is 0 Å². The molecule has 2 atom stereocenters. The number of benzene rings is 7. The lowest BCUT2D eigenvalue weighted by atomic mass is 10.00. The first-order valence-corrected chi connectivity index (χ1v) is 20.5. The quantitative estimate of drug-likeness (QED) is 0.184. The van der Waals surface area contributed by atoms with Gasteiger partial charge in [0.1, 0.15) is 23.8 Å². The van der Waals surface area contributed by atoms with Crippen molar-refractivity contribution in [2.24, 2.45) is 4.99 Å². The van der Waals surface area contributed by atoms with E-state index in [0.29, 0.717) is 0 Å². The third kappa shape index (κ3) is 5.29. The average molecular weight is 753 g/mol. The zero-order chi connectivity index (χ0) is 37.5. The van der Waals surface area contributed by atoms with Gasteiger partial charge in [-0.25, -0.2) is 4.99 Å². The van der Waals surface area contributed by atoms with Gasteiger partial charge in [0.25, 0.3) is 0 Å². The second-order valence-corrected chi connectivity index (χ2v) is 16.2. The van der Waals surface area contributed by atoms with E-state index in [1.165, 1.54) is 59.0 Å². The van der Waals surface area contributed by atoms with Crippen LogP contribution in [0.5, 0.6) is 0 Å². The maximum Gasteiger partial charge on any atom is 0.159 e. The van der Waals surface area contributed by atoms with Crippen LogP contribution >= 0.6 is 11.3 Å². The van der Waals surface area contributed by atoms with Gasteiger partial charge in [-0.1, -0.05) is 121 Å². The molecule has 0 saturated carbocycles. The number of nitrogens with one attached hydrogen (secondary N) is 2. The summed E-state index contributed by atoms with van der Waals surface area (Å²) in [6, 6.07) is 56.6. The van der Waals surface area contributed by atoms with Crippen LogP contribution < -0.4 is 10.6 Å². The SMILES string of the molecule is C1=Cc2c(c3ccccc3n2-c2cccc3c2oc2ccc(-c4ccc5sc6cc(C7NC(c8ccccc8)=NC(c8ccccc8)N7)ccc6c5c4)cc23)CC1. The number of aryl methyl sites for hydroxylation is 1. The number of hydrogen-bond acceptors (Lipinski definition) is 5. The van der Waals surface area contributed by atoms with Gasteiger partial charge >= 0.3 is 0 Å². The molecule has 2 unspecified atom stereocenters. The Morgan fingerprint density at radius 2 is 1.40 bits per heavy atom. The molecule has 1 aliphatic heterocycles. The lowest BCUT2D eigenvalue weighted by Crippen LogP contribution is -2.44. The first-order valence-electron chi connectivity index (χ1n) is 19.7. The summed E-state index contributed by atoms with van der Waals surface area (Å²) < 4.78 is 11.7. The Morgan fingerprint density at radius 3 is 2.30 bits per heavy atom. The van der Waals surface area contributed by atoms with Crippen molar-refractivity contribution in [1.29, 1.82) is 0 Å². The van der Waals surface area contributed by atoms with E-state index < -0.39 is 0 Å². The Bertz CT molecular complexity index is 3260. The summed E-state index contributed by atoms with van der Waals surface area (Å²) in [6.07, 6.45) is 6.43. The van der Waals surface area contributed by atoms with Crippen molar-refractivity contribution in [2.75, 3.05) is 0 Å². The monoisotopic (exact) mass is 752 g/mol. The predicted octanol–water partition coefficient (Wildman–Crippen LogP) is 12.9. The Balaban J connectivity index is 0.912. The fraction of sp³-hybridized carbons (Fsp3) is 0.0784. The molecule has 272 valence electrons. The summed E-state index contributed by atoms with van der Waals surface area (Å²) in [5.74, 6) is 0.891. The molecular formula is C51H36N4OS. The van der Waals surface area contributed by atoms with Crippen molar-refractivity contribution in [2.45, 2.75) is 25.2 Å². The van der Waals surface area contributed by atoms with Crippen LogP contribution in [0.1, 0.15) is 46.7 Å². The van der Waals surface area contributed by atoms with Gasteiger partial charge in [-0.3, -0.25) is 5.32 Å². The molecule has 0 radical (unpaired) electrons. The molecule has 7 aromatic carbocycles. The van der Waals surface area contributed by atoms with Crippen LogP contribution in [0.25, 0.3) is 75.9 Å². The van der Waals surface area contributed by atoms with Crippen LogP contribution in [0.4, 0.5) is 0 Å². The van der Waals surface area contributed by atoms with E-state index in [4.69, 9.17) is 9.41 Å². The van der Waals surface area contributed by atoms with Gasteiger partial charge in [0.05, 0.1) is 11.2 Å². The van der Waals surface area contributed by atoms with E-state index in [-0.39, 0.29) is 12.3 Å². The highest BCUT2D eigenvalue weighted by molar-refractivity contribution is 7.25. The maximum absolute atomic E-state index is 6.72. The van der Waals surface area contributed by atoms with Crippen molar-refractivity contribution in [3.05, 3.63) is 192 Å². The number of allylic oxidation sites excluding steroid dienone is 1. The van der Waals surface area contributed by atoms with Crippen LogP contribution in [-0.4, -0.2) is 10.4 Å². The lowest BCUT2D eigenvalue weighted by Gasteiger charge is -2.32. The Morgan fingerprint density at radius 1 is 0.614 bits per heavy atom. The zero-order valence-corrected chi connectivity index (χ0v) is 31.8. The van der Waals surface area contributed by atoms with Gasteiger partial charge in [-0.15, -0.1) is 11.3 Å². The van der Waals surface area contributed by atoms with E-state index in [2.05, 4.69) is 173 Å². The minimum Gasteiger partial charge on any atom is -0.454 e. The smallest absolute Gasteiger partial charge is 0.159 e. The Kier molecular flexibility index (Phi) is 7.37. The van der Waals surface area contributed by atoms with Gasteiger partial charge in [-0.05, 0) is 89.2 Å². The number of aliphatic imine (C=N–C) groups is 1. The van der Waals surface area contributed by atoms with Gasteiger partial charge < -0.3 is 14.3 Å². The number of rotatable bonds is 5. The van der Waals surface area contributed by atoms with Crippen molar-refractivity contribution in [3.8, 4) is 16.8 Å². The average Bonchev–Trinajstić information content (AvgIpc) is 3.95. The number of nitrogens with zero attached hydrogens (tertiary/aromatic N) is 2. The number of fused-ring (bicyclic) bond motifs is 9. The molecule has 0 fully saturated rings. The molecule has 0 amide bonds. The molecular weight excluding hydrogens is 717 g/mol. The third-order valence-electron chi connectivity index (χ3n) is 11.8. The fourth-order valence-corrected chi connectivity index (χ4v) is 10.2. The molecule has 12 rings (SSSR count). The van der Waals surface area contributed by atoms with Gasteiger partial charge in [0, 0.05) is 47.6 Å². The van der Waals surface area contributed by atoms with Crippen LogP contribution in [0.2, 0.25) is 0 Å². The number of aromatic nitrogens is 1. The topological polar surface area (TPSA) is 54.5 Å². The minimum atomic E-state index is -0.166. The number of furan rings is 1. The number of para-hydroxylation sites is 2. The van der Waals surface area contributed by atoms with Crippen LogP contribution in [0.3, 0.4) is 0 Å². The zero-order valence-electron chi connectivity index (χ0n) is 30.9. The summed E-state index contributed by atoms with van der Waals surface area (Å²) in [6.45, 7) is 0. The van der Waals surface area contributed by atoms with Crippen LogP contribution in [0, 0.1) is 0 Å². The normalized spacial score (nSPS) is 16.7. The fourth-order valence-electron chi connectivity index (χ4n) is 9.02. The van der Waals surface area contributed by atoms with Gasteiger partial charge in [0.15, 0.2) is 5.58 Å². The molecule has 5 nitrogen and oxygen atoms in total. The Hall–Kier alpha value is -6.73. The lowest BCUT2D eigenvalue weighted by molar-refractivity contribution is 0.409. The van der Waals surface area contributed by atoms with Crippen LogP contribution in [-0.2, 0) is 6.42 Å². The maximum atomic E-state index is 6.72.